The van der Waals surface area contributed by atoms with E-state index >= 15 is 0 Å². The van der Waals surface area contributed by atoms with Crippen LogP contribution in [-0.4, -0.2) is 36.0 Å². The van der Waals surface area contributed by atoms with E-state index in [1.807, 2.05) is 0 Å². The zero-order valence-electron chi connectivity index (χ0n) is 6.29. The van der Waals surface area contributed by atoms with E-state index < -0.39 is 6.10 Å². The fourth-order valence-electron chi connectivity index (χ4n) is 0.565. The average molecular weight is 178 g/mol. The number of hydrogen-bond acceptors (Lipinski definition) is 4. The molecule has 0 aliphatic heterocycles. The third-order valence-electron chi connectivity index (χ3n) is 1.13. The number of carbonyl (C=O) groups excluding carboxylic acids is 1. The number of aliphatic hydroxyl groups is 1. The standard InChI is InChI=1S/C6H14N2O2S/c7-4-5(9)3-6(10)8-1-2-11/h5,9,11H,1-4,7H2,(H,8,10). The Labute approximate surface area is 71.6 Å². The lowest BCUT2D eigenvalue weighted by Gasteiger charge is -2.06. The van der Waals surface area contributed by atoms with Gasteiger partial charge in [0.25, 0.3) is 0 Å². The van der Waals surface area contributed by atoms with Crippen LogP contribution in [0.25, 0.3) is 0 Å². The first kappa shape index (κ1) is 10.7. The molecule has 0 radical (unpaired) electrons. The van der Waals surface area contributed by atoms with Crippen LogP contribution in [0.5, 0.6) is 0 Å². The fraction of sp³-hybridized carbons (Fsp3) is 0.833. The number of hydrogen-bond donors (Lipinski definition) is 4. The summed E-state index contributed by atoms with van der Waals surface area (Å²) in [6.07, 6.45) is -0.653. The van der Waals surface area contributed by atoms with Gasteiger partial charge in [-0.1, -0.05) is 0 Å². The summed E-state index contributed by atoms with van der Waals surface area (Å²) < 4.78 is 0. The van der Waals surface area contributed by atoms with Gasteiger partial charge in [-0.05, 0) is 0 Å². The van der Waals surface area contributed by atoms with E-state index in [9.17, 15) is 4.79 Å². The van der Waals surface area contributed by atoms with E-state index in [2.05, 4.69) is 17.9 Å². The van der Waals surface area contributed by atoms with Gasteiger partial charge in [-0.25, -0.2) is 0 Å². The number of nitrogens with one attached hydrogen (secondary N) is 1. The van der Waals surface area contributed by atoms with Crippen LogP contribution in [0.15, 0.2) is 0 Å². The smallest absolute Gasteiger partial charge is 0.222 e. The Bertz CT molecular complexity index is 121. The maximum atomic E-state index is 10.8. The molecule has 0 rings (SSSR count). The molecule has 0 aromatic carbocycles. The highest BCUT2D eigenvalue weighted by molar-refractivity contribution is 7.80. The molecule has 0 saturated carbocycles. The summed E-state index contributed by atoms with van der Waals surface area (Å²) in [6, 6.07) is 0. The van der Waals surface area contributed by atoms with Gasteiger partial charge in [-0.2, -0.15) is 12.6 Å². The summed E-state index contributed by atoms with van der Waals surface area (Å²) in [4.78, 5) is 10.8. The van der Waals surface area contributed by atoms with E-state index in [-0.39, 0.29) is 18.9 Å². The SMILES string of the molecule is NCC(O)CC(=O)NCCS. The highest BCUT2D eigenvalue weighted by Gasteiger charge is 2.06. The van der Waals surface area contributed by atoms with Gasteiger partial charge in [0.05, 0.1) is 12.5 Å². The molecule has 0 aliphatic rings. The Morgan fingerprint density at radius 2 is 2.36 bits per heavy atom. The normalized spacial score (nSPS) is 12.6. The van der Waals surface area contributed by atoms with Crippen molar-refractivity contribution in [3.63, 3.8) is 0 Å². The molecule has 0 saturated heterocycles. The summed E-state index contributed by atoms with van der Waals surface area (Å²) in [5.41, 5.74) is 5.10. The molecule has 0 aromatic rings. The maximum absolute atomic E-state index is 10.8. The van der Waals surface area contributed by atoms with E-state index in [1.54, 1.807) is 0 Å². The Hall–Kier alpha value is -0.260. The second-order valence-corrected chi connectivity index (χ2v) is 2.61. The van der Waals surface area contributed by atoms with Gasteiger partial charge >= 0.3 is 0 Å². The van der Waals surface area contributed by atoms with E-state index in [1.165, 1.54) is 0 Å². The molecule has 4 N–H and O–H groups in total. The van der Waals surface area contributed by atoms with Crippen molar-refractivity contribution >= 4 is 18.5 Å². The number of rotatable bonds is 5. The Balaban J connectivity index is 3.36. The van der Waals surface area contributed by atoms with Crippen LogP contribution in [-0.2, 0) is 4.79 Å². The number of amides is 1. The molecule has 0 spiro atoms. The van der Waals surface area contributed by atoms with Crippen LogP contribution in [0.3, 0.4) is 0 Å². The minimum Gasteiger partial charge on any atom is -0.391 e. The third kappa shape index (κ3) is 6.15. The zero-order chi connectivity index (χ0) is 8.69. The predicted octanol–water partition coefficient (Wildman–Crippen LogP) is -1.26. The van der Waals surface area contributed by atoms with Crippen molar-refractivity contribution in [1.82, 2.24) is 5.32 Å². The number of aliphatic hydroxyl groups excluding tert-OH is 1. The molecule has 1 atom stereocenters. The fourth-order valence-corrected chi connectivity index (χ4v) is 0.677. The van der Waals surface area contributed by atoms with E-state index in [0.29, 0.717) is 12.3 Å². The van der Waals surface area contributed by atoms with Gasteiger partial charge in [0.1, 0.15) is 0 Å². The molecule has 0 aliphatic carbocycles. The van der Waals surface area contributed by atoms with Crippen LogP contribution in [0.1, 0.15) is 6.42 Å². The minimum absolute atomic E-state index is 0.0737. The van der Waals surface area contributed by atoms with Gasteiger partial charge in [0, 0.05) is 18.8 Å². The van der Waals surface area contributed by atoms with Crippen molar-refractivity contribution < 1.29 is 9.90 Å². The minimum atomic E-state index is -0.727. The number of nitrogens with two attached hydrogens (primary N) is 1. The summed E-state index contributed by atoms with van der Waals surface area (Å²) in [6.45, 7) is 0.646. The average Bonchev–Trinajstić information content (AvgIpc) is 2.00. The molecule has 5 heteroatoms. The van der Waals surface area contributed by atoms with Gasteiger partial charge < -0.3 is 16.2 Å². The van der Waals surface area contributed by atoms with Crippen LogP contribution in [0.4, 0.5) is 0 Å². The molecular formula is C6H14N2O2S. The first-order valence-corrected chi connectivity index (χ1v) is 4.09. The molecule has 0 heterocycles. The molecule has 0 fully saturated rings. The summed E-state index contributed by atoms with van der Waals surface area (Å²) in [5, 5.41) is 11.5. The molecule has 1 amide bonds. The van der Waals surface area contributed by atoms with Crippen molar-refractivity contribution in [2.24, 2.45) is 5.73 Å². The zero-order valence-corrected chi connectivity index (χ0v) is 7.18. The lowest BCUT2D eigenvalue weighted by molar-refractivity contribution is -0.122. The second-order valence-electron chi connectivity index (χ2n) is 2.17. The van der Waals surface area contributed by atoms with E-state index in [0.717, 1.165) is 0 Å². The number of thiol groups is 1. The molecule has 0 aromatic heterocycles. The summed E-state index contributed by atoms with van der Waals surface area (Å²) >= 11 is 3.91. The van der Waals surface area contributed by atoms with Gasteiger partial charge in [0.15, 0.2) is 0 Å². The molecule has 0 bridgehead atoms. The van der Waals surface area contributed by atoms with Crippen molar-refractivity contribution in [3.05, 3.63) is 0 Å². The van der Waals surface area contributed by atoms with Crippen LogP contribution in [0.2, 0.25) is 0 Å². The molecule has 4 nitrogen and oxygen atoms in total. The van der Waals surface area contributed by atoms with Gasteiger partial charge in [0.2, 0.25) is 5.91 Å². The lowest BCUT2D eigenvalue weighted by Crippen LogP contribution is -2.31. The highest BCUT2D eigenvalue weighted by Crippen LogP contribution is 1.87. The lowest BCUT2D eigenvalue weighted by atomic mass is 10.2. The van der Waals surface area contributed by atoms with Gasteiger partial charge in [-0.3, -0.25) is 4.79 Å². The van der Waals surface area contributed by atoms with Crippen LogP contribution < -0.4 is 11.1 Å². The van der Waals surface area contributed by atoms with E-state index in [4.69, 9.17) is 10.8 Å². The first-order valence-electron chi connectivity index (χ1n) is 3.46. The Kier molecular flexibility index (Phi) is 6.30. The highest BCUT2D eigenvalue weighted by atomic mass is 32.1. The largest absolute Gasteiger partial charge is 0.391 e. The quantitative estimate of drug-likeness (QED) is 0.397. The molecule has 1 unspecified atom stereocenters. The monoisotopic (exact) mass is 178 g/mol. The first-order chi connectivity index (χ1) is 5.20. The van der Waals surface area contributed by atoms with Crippen LogP contribution >= 0.6 is 12.6 Å². The molecular weight excluding hydrogens is 164 g/mol. The maximum Gasteiger partial charge on any atom is 0.222 e. The second kappa shape index (κ2) is 6.45. The Morgan fingerprint density at radius 3 is 2.82 bits per heavy atom. The topological polar surface area (TPSA) is 75.3 Å². The summed E-state index contributed by atoms with van der Waals surface area (Å²) in [5.74, 6) is 0.418. The summed E-state index contributed by atoms with van der Waals surface area (Å²) in [7, 11) is 0. The van der Waals surface area contributed by atoms with Gasteiger partial charge in [-0.15, -0.1) is 0 Å². The van der Waals surface area contributed by atoms with Crippen molar-refractivity contribution in [2.75, 3.05) is 18.8 Å². The predicted molar refractivity (Wildman–Crippen MR) is 46.5 cm³/mol. The Morgan fingerprint density at radius 1 is 1.73 bits per heavy atom. The molecule has 66 valence electrons. The van der Waals surface area contributed by atoms with Crippen molar-refractivity contribution in [3.8, 4) is 0 Å². The molecule has 11 heavy (non-hydrogen) atoms. The van der Waals surface area contributed by atoms with Crippen LogP contribution in [0, 0.1) is 0 Å². The number of carbonyl (C=O) groups is 1. The third-order valence-corrected chi connectivity index (χ3v) is 1.35. The van der Waals surface area contributed by atoms with Crippen molar-refractivity contribution in [1.29, 1.82) is 0 Å². The van der Waals surface area contributed by atoms with Crippen molar-refractivity contribution in [2.45, 2.75) is 12.5 Å².